The van der Waals surface area contributed by atoms with E-state index in [1.54, 1.807) is 24.3 Å². The van der Waals surface area contributed by atoms with Gasteiger partial charge in [0.15, 0.2) is 0 Å². The van der Waals surface area contributed by atoms with Crippen LogP contribution in [0.25, 0.3) is 0 Å². The number of likely N-dealkylation sites (tertiary alicyclic amines) is 1. The van der Waals surface area contributed by atoms with Gasteiger partial charge in [0.25, 0.3) is 5.91 Å². The highest BCUT2D eigenvalue weighted by Gasteiger charge is 2.23. The van der Waals surface area contributed by atoms with Crippen LogP contribution in [0.4, 0.5) is 0 Å². The molecule has 0 aromatic heterocycles. The number of rotatable bonds is 7. The van der Waals surface area contributed by atoms with E-state index >= 15 is 0 Å². The summed E-state index contributed by atoms with van der Waals surface area (Å²) in [6.07, 6.45) is 3.05. The molecule has 6 heteroatoms. The van der Waals surface area contributed by atoms with Crippen LogP contribution >= 0.6 is 0 Å². The molecule has 2 aromatic carbocycles. The van der Waals surface area contributed by atoms with Crippen molar-refractivity contribution in [2.45, 2.75) is 39.5 Å². The van der Waals surface area contributed by atoms with Gasteiger partial charge in [-0.3, -0.25) is 14.4 Å². The lowest BCUT2D eigenvalue weighted by Gasteiger charge is -2.32. The molecule has 1 aliphatic rings. The summed E-state index contributed by atoms with van der Waals surface area (Å²) in [5, 5.41) is 2.96. The molecular weight excluding hydrogens is 392 g/mol. The predicted octanol–water partition coefficient (Wildman–Crippen LogP) is 3.52. The lowest BCUT2D eigenvalue weighted by molar-refractivity contribution is -0.133. The first kappa shape index (κ1) is 22.5. The number of piperidine rings is 1. The molecule has 2 amide bonds. The molecule has 31 heavy (non-hydrogen) atoms. The number of hydrogen-bond acceptors (Lipinski definition) is 4. The first-order valence-electron chi connectivity index (χ1n) is 10.8. The van der Waals surface area contributed by atoms with E-state index in [9.17, 15) is 14.4 Å². The monoisotopic (exact) mass is 422 g/mol. The summed E-state index contributed by atoms with van der Waals surface area (Å²) in [5.74, 6) is 0.299. The first-order chi connectivity index (χ1) is 14.9. The molecule has 0 unspecified atom stereocenters. The highest BCUT2D eigenvalue weighted by molar-refractivity contribution is 5.94. The number of carbonyl (C=O) groups excluding carboxylic acids is 3. The van der Waals surface area contributed by atoms with Crippen LogP contribution in [0.5, 0.6) is 5.75 Å². The molecule has 1 fully saturated rings. The number of nitrogens with zero attached hydrogens (tertiary/aromatic N) is 1. The number of benzene rings is 2. The van der Waals surface area contributed by atoms with Crippen LogP contribution in [-0.2, 0) is 16.0 Å². The zero-order valence-corrected chi connectivity index (χ0v) is 18.2. The van der Waals surface area contributed by atoms with Gasteiger partial charge in [-0.1, -0.05) is 35.9 Å². The molecule has 0 spiro atoms. The maximum Gasteiger partial charge on any atom is 0.308 e. The van der Waals surface area contributed by atoms with Gasteiger partial charge in [0.05, 0.1) is 0 Å². The van der Waals surface area contributed by atoms with Crippen molar-refractivity contribution in [1.29, 1.82) is 0 Å². The highest BCUT2D eigenvalue weighted by atomic mass is 16.5. The van der Waals surface area contributed by atoms with Crippen molar-refractivity contribution >= 4 is 17.8 Å². The lowest BCUT2D eigenvalue weighted by atomic mass is 9.96. The molecule has 1 aliphatic heterocycles. The van der Waals surface area contributed by atoms with Crippen LogP contribution in [0, 0.1) is 12.8 Å². The van der Waals surface area contributed by atoms with Gasteiger partial charge in [0, 0.05) is 38.5 Å². The number of aryl methyl sites for hydroxylation is 2. The fourth-order valence-electron chi connectivity index (χ4n) is 3.76. The average molecular weight is 423 g/mol. The summed E-state index contributed by atoms with van der Waals surface area (Å²) in [7, 11) is 0. The fourth-order valence-corrected chi connectivity index (χ4v) is 3.76. The Bertz CT molecular complexity index is 915. The van der Waals surface area contributed by atoms with E-state index in [2.05, 4.69) is 36.5 Å². The second kappa shape index (κ2) is 10.8. The van der Waals surface area contributed by atoms with E-state index in [1.165, 1.54) is 18.1 Å². The van der Waals surface area contributed by atoms with Crippen molar-refractivity contribution in [2.75, 3.05) is 19.6 Å². The largest absolute Gasteiger partial charge is 0.427 e. The zero-order valence-electron chi connectivity index (χ0n) is 18.2. The van der Waals surface area contributed by atoms with Crippen LogP contribution in [0.15, 0.2) is 48.5 Å². The average Bonchev–Trinajstić information content (AvgIpc) is 2.77. The standard InChI is InChI=1S/C25H30N2O4/c1-18-6-8-20(9-7-18)10-11-24(29)27-14-12-21(13-15-27)17-26-25(30)22-4-3-5-23(16-22)31-19(2)28/h3-9,16,21H,10-15,17H2,1-2H3,(H,26,30). The Morgan fingerprint density at radius 3 is 2.45 bits per heavy atom. The molecule has 0 saturated carbocycles. The maximum atomic E-state index is 12.5. The summed E-state index contributed by atoms with van der Waals surface area (Å²) in [6, 6.07) is 14.9. The fraction of sp³-hybridized carbons (Fsp3) is 0.400. The summed E-state index contributed by atoms with van der Waals surface area (Å²) in [5.41, 5.74) is 2.87. The van der Waals surface area contributed by atoms with E-state index in [0.29, 0.717) is 30.2 Å². The van der Waals surface area contributed by atoms with Crippen molar-refractivity contribution in [3.8, 4) is 5.75 Å². The molecule has 0 bridgehead atoms. The minimum absolute atomic E-state index is 0.189. The van der Waals surface area contributed by atoms with Crippen molar-refractivity contribution in [2.24, 2.45) is 5.92 Å². The molecule has 0 radical (unpaired) electrons. The molecule has 164 valence electrons. The highest BCUT2D eigenvalue weighted by Crippen LogP contribution is 2.19. The van der Waals surface area contributed by atoms with Gasteiger partial charge in [-0.05, 0) is 55.9 Å². The number of hydrogen-bond donors (Lipinski definition) is 1. The summed E-state index contributed by atoms with van der Waals surface area (Å²) in [4.78, 5) is 38.0. The Balaban J connectivity index is 1.39. The van der Waals surface area contributed by atoms with Crippen molar-refractivity contribution in [3.05, 3.63) is 65.2 Å². The van der Waals surface area contributed by atoms with Crippen molar-refractivity contribution < 1.29 is 19.1 Å². The maximum absolute atomic E-state index is 12.5. The third kappa shape index (κ3) is 6.95. The number of esters is 1. The zero-order chi connectivity index (χ0) is 22.2. The third-order valence-corrected chi connectivity index (χ3v) is 5.62. The topological polar surface area (TPSA) is 75.7 Å². The molecule has 1 saturated heterocycles. The smallest absolute Gasteiger partial charge is 0.308 e. The van der Waals surface area contributed by atoms with E-state index < -0.39 is 5.97 Å². The molecule has 1 N–H and O–H groups in total. The summed E-state index contributed by atoms with van der Waals surface area (Å²) >= 11 is 0. The Morgan fingerprint density at radius 2 is 1.77 bits per heavy atom. The normalized spacial score (nSPS) is 14.2. The minimum Gasteiger partial charge on any atom is -0.427 e. The van der Waals surface area contributed by atoms with E-state index in [1.807, 2.05) is 4.90 Å². The molecule has 6 nitrogen and oxygen atoms in total. The number of ether oxygens (including phenoxy) is 1. The predicted molar refractivity (Wildman–Crippen MR) is 119 cm³/mol. The van der Waals surface area contributed by atoms with E-state index in [0.717, 1.165) is 32.4 Å². The third-order valence-electron chi connectivity index (χ3n) is 5.62. The van der Waals surface area contributed by atoms with Crippen molar-refractivity contribution in [1.82, 2.24) is 10.2 Å². The molecule has 1 heterocycles. The molecule has 0 aliphatic carbocycles. The van der Waals surface area contributed by atoms with Gasteiger partial charge in [-0.25, -0.2) is 0 Å². The molecule has 3 rings (SSSR count). The minimum atomic E-state index is -0.419. The van der Waals surface area contributed by atoms with Crippen LogP contribution in [0.3, 0.4) is 0 Å². The van der Waals surface area contributed by atoms with E-state index in [-0.39, 0.29) is 11.8 Å². The van der Waals surface area contributed by atoms with Gasteiger partial charge < -0.3 is 15.0 Å². The van der Waals surface area contributed by atoms with Gasteiger partial charge in [0.2, 0.25) is 5.91 Å². The van der Waals surface area contributed by atoms with Gasteiger partial charge in [-0.2, -0.15) is 0 Å². The lowest BCUT2D eigenvalue weighted by Crippen LogP contribution is -2.41. The first-order valence-corrected chi connectivity index (χ1v) is 10.8. The number of nitrogens with one attached hydrogen (secondary N) is 1. The second-order valence-corrected chi connectivity index (χ2v) is 8.14. The second-order valence-electron chi connectivity index (χ2n) is 8.14. The van der Waals surface area contributed by atoms with Crippen LogP contribution < -0.4 is 10.1 Å². The van der Waals surface area contributed by atoms with Crippen molar-refractivity contribution in [3.63, 3.8) is 0 Å². The van der Waals surface area contributed by atoms with Crippen LogP contribution in [-0.4, -0.2) is 42.3 Å². The summed E-state index contributed by atoms with van der Waals surface area (Å²) in [6.45, 7) is 5.42. The van der Waals surface area contributed by atoms with Crippen LogP contribution in [0.1, 0.15) is 47.7 Å². The quantitative estimate of drug-likeness (QED) is 0.547. The van der Waals surface area contributed by atoms with Gasteiger partial charge in [0.1, 0.15) is 5.75 Å². The Hall–Kier alpha value is -3.15. The number of amides is 2. The Labute approximate surface area is 183 Å². The number of carbonyl (C=O) groups is 3. The van der Waals surface area contributed by atoms with Gasteiger partial charge >= 0.3 is 5.97 Å². The molecule has 2 aromatic rings. The van der Waals surface area contributed by atoms with E-state index in [4.69, 9.17) is 4.74 Å². The summed E-state index contributed by atoms with van der Waals surface area (Å²) < 4.78 is 5.03. The Kier molecular flexibility index (Phi) is 7.82. The SMILES string of the molecule is CC(=O)Oc1cccc(C(=O)NCC2CCN(C(=O)CCc3ccc(C)cc3)CC2)c1. The molecule has 0 atom stereocenters. The Morgan fingerprint density at radius 1 is 1.06 bits per heavy atom. The van der Waals surface area contributed by atoms with Crippen LogP contribution in [0.2, 0.25) is 0 Å². The van der Waals surface area contributed by atoms with Gasteiger partial charge in [-0.15, -0.1) is 0 Å². The molecular formula is C25H30N2O4.